The van der Waals surface area contributed by atoms with Crippen molar-refractivity contribution in [2.45, 2.75) is 19.9 Å². The average Bonchev–Trinajstić information content (AvgIpc) is 2.93. The number of rotatable bonds is 6. The van der Waals surface area contributed by atoms with Crippen molar-refractivity contribution in [1.29, 1.82) is 0 Å². The van der Waals surface area contributed by atoms with Gasteiger partial charge in [0.1, 0.15) is 11.6 Å². The Morgan fingerprint density at radius 2 is 1.89 bits per heavy atom. The summed E-state index contributed by atoms with van der Waals surface area (Å²) in [6.45, 7) is 11.2. The molecular weight excluding hydrogens is 466 g/mol. The number of para-hydroxylation sites is 1. The lowest BCUT2D eigenvalue weighted by Crippen LogP contribution is -2.26. The summed E-state index contributed by atoms with van der Waals surface area (Å²) in [5.74, 6) is 1.33. The SMILES string of the molecule is [C-]#[N+]c1cnc(C)nc1N[C@@H](C)c1cc2cccc(-c3cnnc(OC)c3)c2c(=O)n1-c1ccccc1. The first kappa shape index (κ1) is 23.6. The van der Waals surface area contributed by atoms with Crippen LogP contribution in [0.2, 0.25) is 0 Å². The van der Waals surface area contributed by atoms with Crippen molar-refractivity contribution in [3.05, 3.63) is 106 Å². The summed E-state index contributed by atoms with van der Waals surface area (Å²) >= 11 is 0. The topological polar surface area (TPSA) is 99.2 Å². The second-order valence-corrected chi connectivity index (χ2v) is 8.43. The molecule has 1 atom stereocenters. The summed E-state index contributed by atoms with van der Waals surface area (Å²) in [5, 5.41) is 12.6. The minimum Gasteiger partial charge on any atom is -0.480 e. The molecule has 0 amide bonds. The van der Waals surface area contributed by atoms with Gasteiger partial charge in [-0.15, -0.1) is 5.10 Å². The molecule has 2 aromatic carbocycles. The first-order valence-electron chi connectivity index (χ1n) is 11.6. The van der Waals surface area contributed by atoms with Crippen molar-refractivity contribution in [3.8, 4) is 22.7 Å². The van der Waals surface area contributed by atoms with E-state index in [4.69, 9.17) is 11.3 Å². The van der Waals surface area contributed by atoms with Gasteiger partial charge in [0.15, 0.2) is 0 Å². The summed E-state index contributed by atoms with van der Waals surface area (Å²) in [6.07, 6.45) is 3.11. The monoisotopic (exact) mass is 489 g/mol. The van der Waals surface area contributed by atoms with E-state index < -0.39 is 0 Å². The number of benzene rings is 2. The van der Waals surface area contributed by atoms with Gasteiger partial charge in [0, 0.05) is 29.2 Å². The van der Waals surface area contributed by atoms with Crippen molar-refractivity contribution in [2.75, 3.05) is 12.4 Å². The number of aryl methyl sites for hydroxylation is 1. The summed E-state index contributed by atoms with van der Waals surface area (Å²) in [5.41, 5.74) is 3.04. The van der Waals surface area contributed by atoms with Crippen molar-refractivity contribution < 1.29 is 4.74 Å². The maximum absolute atomic E-state index is 14.2. The molecular formula is C28H23N7O2. The average molecular weight is 490 g/mol. The second-order valence-electron chi connectivity index (χ2n) is 8.43. The van der Waals surface area contributed by atoms with Gasteiger partial charge in [0.05, 0.1) is 31.3 Å². The Labute approximate surface area is 213 Å². The highest BCUT2D eigenvalue weighted by atomic mass is 16.5. The minimum absolute atomic E-state index is 0.178. The highest BCUT2D eigenvalue weighted by Crippen LogP contribution is 2.32. The lowest BCUT2D eigenvalue weighted by molar-refractivity contribution is 0.392. The lowest BCUT2D eigenvalue weighted by atomic mass is 9.99. The van der Waals surface area contributed by atoms with E-state index in [1.54, 1.807) is 23.8 Å². The van der Waals surface area contributed by atoms with Gasteiger partial charge in [0.2, 0.25) is 11.6 Å². The van der Waals surface area contributed by atoms with Gasteiger partial charge in [-0.1, -0.05) is 36.4 Å². The quantitative estimate of drug-likeness (QED) is 0.324. The van der Waals surface area contributed by atoms with Crippen molar-refractivity contribution in [2.24, 2.45) is 0 Å². The number of fused-ring (bicyclic) bond motifs is 1. The van der Waals surface area contributed by atoms with Gasteiger partial charge in [-0.2, -0.15) is 5.10 Å². The van der Waals surface area contributed by atoms with Crippen LogP contribution >= 0.6 is 0 Å². The lowest BCUT2D eigenvalue weighted by Gasteiger charge is -2.22. The molecule has 0 spiro atoms. The Kier molecular flexibility index (Phi) is 6.31. The number of ether oxygens (including phenoxy) is 1. The third-order valence-electron chi connectivity index (χ3n) is 6.05. The maximum Gasteiger partial charge on any atom is 0.263 e. The fourth-order valence-electron chi connectivity index (χ4n) is 4.31. The van der Waals surface area contributed by atoms with Crippen LogP contribution in [-0.2, 0) is 0 Å². The van der Waals surface area contributed by atoms with Crippen molar-refractivity contribution in [3.63, 3.8) is 0 Å². The highest BCUT2D eigenvalue weighted by molar-refractivity contribution is 5.96. The van der Waals surface area contributed by atoms with Crippen LogP contribution in [0.3, 0.4) is 0 Å². The number of anilines is 1. The van der Waals surface area contributed by atoms with E-state index in [1.165, 1.54) is 13.3 Å². The molecule has 0 radical (unpaired) electrons. The molecule has 0 saturated carbocycles. The number of hydrogen-bond donors (Lipinski definition) is 1. The van der Waals surface area contributed by atoms with Crippen LogP contribution in [0.4, 0.5) is 11.5 Å². The minimum atomic E-state index is -0.363. The number of nitrogens with zero attached hydrogens (tertiary/aromatic N) is 6. The normalized spacial score (nSPS) is 11.6. The molecule has 1 N–H and O–H groups in total. The van der Waals surface area contributed by atoms with Crippen molar-refractivity contribution in [1.82, 2.24) is 24.7 Å². The molecule has 9 nitrogen and oxygen atoms in total. The van der Waals surface area contributed by atoms with E-state index in [0.29, 0.717) is 28.6 Å². The number of methoxy groups -OCH3 is 1. The van der Waals surface area contributed by atoms with Gasteiger partial charge < -0.3 is 10.1 Å². The molecule has 3 heterocycles. The second kappa shape index (κ2) is 9.87. The molecule has 0 aliphatic rings. The smallest absolute Gasteiger partial charge is 0.263 e. The number of aromatic nitrogens is 5. The Hall–Kier alpha value is -5.10. The summed E-state index contributed by atoms with van der Waals surface area (Å²) in [7, 11) is 1.53. The van der Waals surface area contributed by atoms with Gasteiger partial charge in [-0.25, -0.2) is 9.83 Å². The summed E-state index contributed by atoms with van der Waals surface area (Å²) in [6, 6.07) is 18.6. The van der Waals surface area contributed by atoms with Crippen LogP contribution in [0, 0.1) is 13.5 Å². The van der Waals surface area contributed by atoms with Crippen LogP contribution in [0.1, 0.15) is 24.5 Å². The molecule has 0 bridgehead atoms. The summed E-state index contributed by atoms with van der Waals surface area (Å²) < 4.78 is 6.94. The van der Waals surface area contributed by atoms with Gasteiger partial charge in [-0.3, -0.25) is 14.3 Å². The third kappa shape index (κ3) is 4.48. The molecule has 5 rings (SSSR count). The molecule has 5 aromatic rings. The molecule has 0 aliphatic carbocycles. The number of nitrogens with one attached hydrogen (secondary N) is 1. The molecule has 9 heteroatoms. The Morgan fingerprint density at radius 1 is 1.08 bits per heavy atom. The predicted octanol–water partition coefficient (Wildman–Crippen LogP) is 5.28. The van der Waals surface area contributed by atoms with Crippen LogP contribution in [0.25, 0.3) is 32.4 Å². The van der Waals surface area contributed by atoms with E-state index in [2.05, 4.69) is 30.3 Å². The van der Waals surface area contributed by atoms with E-state index in [9.17, 15) is 4.79 Å². The van der Waals surface area contributed by atoms with Crippen LogP contribution in [0.15, 0.2) is 77.9 Å². The number of hydrogen-bond acceptors (Lipinski definition) is 7. The zero-order chi connectivity index (χ0) is 25.9. The molecule has 37 heavy (non-hydrogen) atoms. The van der Waals surface area contributed by atoms with E-state index in [0.717, 1.165) is 27.9 Å². The zero-order valence-electron chi connectivity index (χ0n) is 20.5. The van der Waals surface area contributed by atoms with Crippen LogP contribution < -0.4 is 15.6 Å². The fraction of sp³-hybridized carbons (Fsp3) is 0.143. The highest BCUT2D eigenvalue weighted by Gasteiger charge is 2.20. The molecule has 0 unspecified atom stereocenters. The van der Waals surface area contributed by atoms with Gasteiger partial charge in [-0.05, 0) is 43.0 Å². The van der Waals surface area contributed by atoms with Gasteiger partial charge >= 0.3 is 0 Å². The largest absolute Gasteiger partial charge is 0.480 e. The van der Waals surface area contributed by atoms with E-state index in [1.807, 2.05) is 61.5 Å². The fourth-order valence-corrected chi connectivity index (χ4v) is 4.31. The van der Waals surface area contributed by atoms with Crippen LogP contribution in [-0.4, -0.2) is 31.8 Å². The number of pyridine rings is 1. The first-order chi connectivity index (χ1) is 18.0. The van der Waals surface area contributed by atoms with Crippen LogP contribution in [0.5, 0.6) is 5.88 Å². The predicted molar refractivity (Wildman–Crippen MR) is 142 cm³/mol. The Morgan fingerprint density at radius 3 is 2.65 bits per heavy atom. The first-order valence-corrected chi connectivity index (χ1v) is 11.6. The van der Waals surface area contributed by atoms with E-state index in [-0.39, 0.29) is 11.6 Å². The Balaban J connectivity index is 1.74. The molecule has 0 fully saturated rings. The molecule has 3 aromatic heterocycles. The van der Waals surface area contributed by atoms with E-state index >= 15 is 0 Å². The standard InChI is InChI=1S/C28H23N7O2/c1-17(32-27-23(29-3)16-30-18(2)33-27)24-13-19-9-8-12-22(20-14-25(37-4)34-31-15-20)26(19)28(36)35(24)21-10-6-5-7-11-21/h5-17H,1-2,4H3,(H,30,32,33)/t17-/m0/s1. The van der Waals surface area contributed by atoms with Gasteiger partial charge in [0.25, 0.3) is 5.56 Å². The Bertz CT molecular complexity index is 1710. The zero-order valence-corrected chi connectivity index (χ0v) is 20.5. The molecule has 0 aliphatic heterocycles. The molecule has 182 valence electrons. The molecule has 0 saturated heterocycles. The third-order valence-corrected chi connectivity index (χ3v) is 6.05. The maximum atomic E-state index is 14.2. The van der Waals surface area contributed by atoms with Crippen molar-refractivity contribution >= 4 is 22.3 Å². The summed E-state index contributed by atoms with van der Waals surface area (Å²) in [4.78, 5) is 26.3.